The lowest BCUT2D eigenvalue weighted by molar-refractivity contribution is 0.717. The molecule has 0 aliphatic heterocycles. The Morgan fingerprint density at radius 1 is 0.950 bits per heavy atom. The molecule has 3 rings (SSSR count). The molecule has 102 valence electrons. The van der Waals surface area contributed by atoms with E-state index in [9.17, 15) is 0 Å². The molecule has 2 nitrogen and oxygen atoms in total. The van der Waals surface area contributed by atoms with E-state index in [1.807, 2.05) is 28.8 Å². The summed E-state index contributed by atoms with van der Waals surface area (Å²) in [5.41, 5.74) is 2.92. The van der Waals surface area contributed by atoms with Crippen molar-refractivity contribution in [3.05, 3.63) is 63.4 Å². The van der Waals surface area contributed by atoms with Crippen LogP contribution in [0.1, 0.15) is 5.56 Å². The highest BCUT2D eigenvalue weighted by molar-refractivity contribution is 6.42. The molecule has 0 bridgehead atoms. The summed E-state index contributed by atoms with van der Waals surface area (Å²) in [5.74, 6) is 0. The monoisotopic (exact) mass is 324 g/mol. The zero-order valence-corrected chi connectivity index (χ0v) is 12.8. The zero-order valence-electron chi connectivity index (χ0n) is 10.5. The normalized spacial score (nSPS) is 11.2. The van der Waals surface area contributed by atoms with Gasteiger partial charge in [-0.25, -0.2) is 4.98 Å². The Hall–Kier alpha value is -1.22. The van der Waals surface area contributed by atoms with Crippen LogP contribution in [-0.2, 0) is 13.0 Å². The van der Waals surface area contributed by atoms with E-state index in [0.717, 1.165) is 24.0 Å². The first kappa shape index (κ1) is 13.7. The number of benzene rings is 2. The van der Waals surface area contributed by atoms with Crippen LogP contribution in [-0.4, -0.2) is 9.55 Å². The fraction of sp³-hybridized carbons (Fsp3) is 0.133. The molecule has 0 aliphatic rings. The molecule has 0 fully saturated rings. The van der Waals surface area contributed by atoms with E-state index in [2.05, 4.69) is 17.1 Å². The van der Waals surface area contributed by atoms with Crippen LogP contribution < -0.4 is 0 Å². The van der Waals surface area contributed by atoms with Crippen LogP contribution in [0.5, 0.6) is 0 Å². The van der Waals surface area contributed by atoms with Gasteiger partial charge in [-0.1, -0.05) is 53.5 Å². The van der Waals surface area contributed by atoms with E-state index < -0.39 is 0 Å². The van der Waals surface area contributed by atoms with Gasteiger partial charge in [0.1, 0.15) is 0 Å². The Kier molecular flexibility index (Phi) is 3.88. The first-order chi connectivity index (χ1) is 9.65. The van der Waals surface area contributed by atoms with Crippen molar-refractivity contribution in [3.63, 3.8) is 0 Å². The standard InChI is InChI=1S/C15H11Cl3N2/c16-11-8-13-14(9-12(11)17)20(15(18)19-13)7-6-10-4-2-1-3-5-10/h1-5,8-9H,6-7H2. The van der Waals surface area contributed by atoms with Gasteiger partial charge in [-0.15, -0.1) is 0 Å². The van der Waals surface area contributed by atoms with Crippen LogP contribution >= 0.6 is 34.8 Å². The topological polar surface area (TPSA) is 17.8 Å². The Labute approximate surface area is 131 Å². The first-order valence-corrected chi connectivity index (χ1v) is 7.33. The molecule has 0 N–H and O–H groups in total. The number of fused-ring (bicyclic) bond motifs is 1. The van der Waals surface area contributed by atoms with Gasteiger partial charge in [-0.05, 0) is 35.7 Å². The Balaban J connectivity index is 1.95. The number of hydrogen-bond acceptors (Lipinski definition) is 1. The number of aromatic nitrogens is 2. The van der Waals surface area contributed by atoms with Crippen LogP contribution in [0.4, 0.5) is 0 Å². The summed E-state index contributed by atoms with van der Waals surface area (Å²) >= 11 is 18.3. The number of halogens is 3. The molecule has 0 unspecified atom stereocenters. The van der Waals surface area contributed by atoms with E-state index >= 15 is 0 Å². The average Bonchev–Trinajstić information content (AvgIpc) is 2.73. The van der Waals surface area contributed by atoms with Gasteiger partial charge in [0.25, 0.3) is 0 Å². The molecule has 0 radical (unpaired) electrons. The minimum Gasteiger partial charge on any atom is -0.314 e. The van der Waals surface area contributed by atoms with Crippen molar-refractivity contribution < 1.29 is 0 Å². The average molecular weight is 326 g/mol. The van der Waals surface area contributed by atoms with Crippen molar-refractivity contribution in [1.82, 2.24) is 9.55 Å². The Morgan fingerprint density at radius 3 is 2.40 bits per heavy atom. The van der Waals surface area contributed by atoms with E-state index in [4.69, 9.17) is 34.8 Å². The third-order valence-electron chi connectivity index (χ3n) is 3.21. The van der Waals surface area contributed by atoms with Crippen LogP contribution in [0.25, 0.3) is 11.0 Å². The minimum atomic E-state index is 0.453. The fourth-order valence-corrected chi connectivity index (χ4v) is 2.77. The van der Waals surface area contributed by atoms with Crippen LogP contribution in [0.3, 0.4) is 0 Å². The summed E-state index contributed by atoms with van der Waals surface area (Å²) in [5, 5.41) is 1.45. The molecule has 0 saturated heterocycles. The van der Waals surface area contributed by atoms with Crippen LogP contribution in [0, 0.1) is 0 Å². The van der Waals surface area contributed by atoms with Crippen LogP contribution in [0.15, 0.2) is 42.5 Å². The van der Waals surface area contributed by atoms with Gasteiger partial charge in [0.15, 0.2) is 0 Å². The molecule has 0 saturated carbocycles. The summed E-state index contributed by atoms with van der Waals surface area (Å²) in [7, 11) is 0. The molecule has 0 amide bonds. The summed E-state index contributed by atoms with van der Waals surface area (Å²) in [4.78, 5) is 4.31. The highest BCUT2D eigenvalue weighted by Gasteiger charge is 2.11. The predicted octanol–water partition coefficient (Wildman–Crippen LogP) is 5.24. The van der Waals surface area contributed by atoms with E-state index in [1.165, 1.54) is 5.56 Å². The summed E-state index contributed by atoms with van der Waals surface area (Å²) in [6.07, 6.45) is 0.881. The molecule has 0 spiro atoms. The molecular weight excluding hydrogens is 315 g/mol. The van der Waals surface area contributed by atoms with Crippen molar-refractivity contribution in [3.8, 4) is 0 Å². The second-order valence-electron chi connectivity index (χ2n) is 4.52. The van der Waals surface area contributed by atoms with Crippen molar-refractivity contribution in [2.75, 3.05) is 0 Å². The maximum Gasteiger partial charge on any atom is 0.203 e. The number of hydrogen-bond donors (Lipinski definition) is 0. The molecule has 0 atom stereocenters. The Morgan fingerprint density at radius 2 is 1.65 bits per heavy atom. The van der Waals surface area contributed by atoms with Crippen molar-refractivity contribution >= 4 is 45.8 Å². The lowest BCUT2D eigenvalue weighted by Crippen LogP contribution is -2.01. The minimum absolute atomic E-state index is 0.453. The molecule has 0 aliphatic carbocycles. The fourth-order valence-electron chi connectivity index (χ4n) is 2.19. The summed E-state index contributed by atoms with van der Waals surface area (Å²) in [6, 6.07) is 13.8. The third kappa shape index (κ3) is 2.64. The molecule has 20 heavy (non-hydrogen) atoms. The van der Waals surface area contributed by atoms with E-state index in [0.29, 0.717) is 15.3 Å². The maximum absolute atomic E-state index is 6.20. The summed E-state index contributed by atoms with van der Waals surface area (Å²) < 4.78 is 1.95. The quantitative estimate of drug-likeness (QED) is 0.644. The van der Waals surface area contributed by atoms with E-state index in [1.54, 1.807) is 6.07 Å². The second-order valence-corrected chi connectivity index (χ2v) is 5.68. The van der Waals surface area contributed by atoms with Gasteiger partial charge in [0, 0.05) is 6.54 Å². The van der Waals surface area contributed by atoms with Gasteiger partial charge >= 0.3 is 0 Å². The molecule has 5 heteroatoms. The first-order valence-electron chi connectivity index (χ1n) is 6.20. The van der Waals surface area contributed by atoms with Gasteiger partial charge in [-0.3, -0.25) is 0 Å². The highest BCUT2D eigenvalue weighted by Crippen LogP contribution is 2.29. The van der Waals surface area contributed by atoms with Gasteiger partial charge in [0.2, 0.25) is 5.28 Å². The van der Waals surface area contributed by atoms with Crippen molar-refractivity contribution in [1.29, 1.82) is 0 Å². The summed E-state index contributed by atoms with van der Waals surface area (Å²) in [6.45, 7) is 0.747. The number of nitrogens with zero attached hydrogens (tertiary/aromatic N) is 2. The number of imidazole rings is 1. The third-order valence-corrected chi connectivity index (χ3v) is 4.22. The molecular formula is C15H11Cl3N2. The van der Waals surface area contributed by atoms with Gasteiger partial charge < -0.3 is 4.57 Å². The van der Waals surface area contributed by atoms with Gasteiger partial charge in [0.05, 0.1) is 21.1 Å². The Bertz CT molecular complexity index is 751. The predicted molar refractivity (Wildman–Crippen MR) is 84.9 cm³/mol. The number of aryl methyl sites for hydroxylation is 2. The largest absolute Gasteiger partial charge is 0.314 e. The molecule has 3 aromatic rings. The lowest BCUT2D eigenvalue weighted by atomic mass is 10.1. The van der Waals surface area contributed by atoms with Crippen molar-refractivity contribution in [2.45, 2.75) is 13.0 Å². The van der Waals surface area contributed by atoms with Crippen LogP contribution in [0.2, 0.25) is 15.3 Å². The molecule has 1 heterocycles. The smallest absolute Gasteiger partial charge is 0.203 e. The lowest BCUT2D eigenvalue weighted by Gasteiger charge is -2.06. The maximum atomic E-state index is 6.20. The number of rotatable bonds is 3. The zero-order chi connectivity index (χ0) is 14.1. The SMILES string of the molecule is Clc1cc2nc(Cl)n(CCc3ccccc3)c2cc1Cl. The second kappa shape index (κ2) is 5.65. The van der Waals surface area contributed by atoms with E-state index in [-0.39, 0.29) is 0 Å². The molecule has 2 aromatic carbocycles. The highest BCUT2D eigenvalue weighted by atomic mass is 35.5. The molecule has 1 aromatic heterocycles. The van der Waals surface area contributed by atoms with Crippen molar-refractivity contribution in [2.24, 2.45) is 0 Å². The van der Waals surface area contributed by atoms with Gasteiger partial charge in [-0.2, -0.15) is 0 Å².